The summed E-state index contributed by atoms with van der Waals surface area (Å²) in [6.45, 7) is 1.21. The van der Waals surface area contributed by atoms with E-state index in [1.807, 2.05) is 0 Å². The predicted octanol–water partition coefficient (Wildman–Crippen LogP) is 2.34. The highest BCUT2D eigenvalue weighted by Crippen LogP contribution is 2.35. The molecule has 0 aliphatic rings. The molecule has 16 heavy (non-hydrogen) atoms. The van der Waals surface area contributed by atoms with Crippen LogP contribution in [0.1, 0.15) is 17.8 Å². The Morgan fingerprint density at radius 1 is 1.56 bits per heavy atom. The Bertz CT molecular complexity index is 414. The Balaban J connectivity index is 3.01. The number of aliphatic carboxylic acids is 1. The zero-order valence-electron chi connectivity index (χ0n) is 8.18. The SMILES string of the molecule is Cc1c(Cl)c(C(F)(F)F)nn1CCC(=O)O. The van der Waals surface area contributed by atoms with Gasteiger partial charge in [-0.05, 0) is 6.92 Å². The molecule has 8 heteroatoms. The van der Waals surface area contributed by atoms with Gasteiger partial charge in [-0.25, -0.2) is 0 Å². The van der Waals surface area contributed by atoms with Gasteiger partial charge in [0.2, 0.25) is 0 Å². The number of carboxylic acid groups (broad SMARTS) is 1. The molecule has 0 bridgehead atoms. The third kappa shape index (κ3) is 2.66. The lowest BCUT2D eigenvalue weighted by atomic mass is 10.3. The first-order valence-corrected chi connectivity index (χ1v) is 4.63. The molecule has 1 heterocycles. The maximum atomic E-state index is 12.4. The summed E-state index contributed by atoms with van der Waals surface area (Å²) in [4.78, 5) is 10.3. The summed E-state index contributed by atoms with van der Waals surface area (Å²) in [5, 5.41) is 11.2. The Hall–Kier alpha value is -1.24. The van der Waals surface area contributed by atoms with E-state index in [1.165, 1.54) is 6.92 Å². The standard InChI is InChI=1S/C8H8ClF3N2O2/c1-4-6(9)7(8(10,11)12)13-14(4)3-2-5(15)16/h2-3H2,1H3,(H,15,16). The molecule has 0 aliphatic heterocycles. The molecule has 0 aliphatic carbocycles. The van der Waals surface area contributed by atoms with Gasteiger partial charge < -0.3 is 5.11 Å². The number of aryl methyl sites for hydroxylation is 1. The second kappa shape index (κ2) is 4.32. The molecule has 0 aromatic carbocycles. The van der Waals surface area contributed by atoms with Crippen molar-refractivity contribution in [2.45, 2.75) is 26.1 Å². The van der Waals surface area contributed by atoms with E-state index in [0.717, 1.165) is 4.68 Å². The average molecular weight is 257 g/mol. The molecule has 1 N–H and O–H groups in total. The smallest absolute Gasteiger partial charge is 0.436 e. The molecular weight excluding hydrogens is 249 g/mol. The second-order valence-corrected chi connectivity index (χ2v) is 3.49. The van der Waals surface area contributed by atoms with Crippen LogP contribution in [0.5, 0.6) is 0 Å². The van der Waals surface area contributed by atoms with Crippen molar-refractivity contribution < 1.29 is 23.1 Å². The summed E-state index contributed by atoms with van der Waals surface area (Å²) in [7, 11) is 0. The van der Waals surface area contributed by atoms with Gasteiger partial charge in [0.05, 0.1) is 23.7 Å². The van der Waals surface area contributed by atoms with Crippen LogP contribution in [-0.4, -0.2) is 20.9 Å². The summed E-state index contributed by atoms with van der Waals surface area (Å²) in [5.74, 6) is -1.11. The van der Waals surface area contributed by atoms with Gasteiger partial charge >= 0.3 is 12.1 Å². The van der Waals surface area contributed by atoms with E-state index in [4.69, 9.17) is 16.7 Å². The lowest BCUT2D eigenvalue weighted by Gasteiger charge is -2.01. The highest BCUT2D eigenvalue weighted by Gasteiger charge is 2.38. The van der Waals surface area contributed by atoms with Crippen LogP contribution >= 0.6 is 11.6 Å². The number of alkyl halides is 3. The minimum Gasteiger partial charge on any atom is -0.481 e. The highest BCUT2D eigenvalue weighted by atomic mass is 35.5. The average Bonchev–Trinajstić information content (AvgIpc) is 2.40. The van der Waals surface area contributed by atoms with Gasteiger partial charge in [0.25, 0.3) is 0 Å². The number of hydrogen-bond acceptors (Lipinski definition) is 2. The summed E-state index contributed by atoms with van der Waals surface area (Å²) in [5.41, 5.74) is -1.08. The largest absolute Gasteiger partial charge is 0.481 e. The Kier molecular flexibility index (Phi) is 3.47. The summed E-state index contributed by atoms with van der Waals surface area (Å²) in [6, 6.07) is 0. The fourth-order valence-corrected chi connectivity index (χ4v) is 1.37. The second-order valence-electron chi connectivity index (χ2n) is 3.11. The Morgan fingerprint density at radius 2 is 2.12 bits per heavy atom. The third-order valence-electron chi connectivity index (χ3n) is 1.94. The number of hydrogen-bond donors (Lipinski definition) is 1. The number of nitrogens with zero attached hydrogens (tertiary/aromatic N) is 2. The molecule has 0 fully saturated rings. The zero-order chi connectivity index (χ0) is 12.5. The number of carboxylic acids is 1. The molecule has 0 saturated heterocycles. The van der Waals surface area contributed by atoms with Crippen LogP contribution in [-0.2, 0) is 17.5 Å². The third-order valence-corrected chi connectivity index (χ3v) is 2.39. The van der Waals surface area contributed by atoms with Gasteiger partial charge in [0, 0.05) is 0 Å². The molecule has 90 valence electrons. The molecule has 0 radical (unpaired) electrons. The van der Waals surface area contributed by atoms with Crippen LogP contribution in [0, 0.1) is 6.92 Å². The van der Waals surface area contributed by atoms with E-state index in [0.29, 0.717) is 0 Å². The fourth-order valence-electron chi connectivity index (χ4n) is 1.12. The van der Waals surface area contributed by atoms with Gasteiger partial charge in [-0.3, -0.25) is 9.48 Å². The van der Waals surface area contributed by atoms with Crippen molar-refractivity contribution in [2.24, 2.45) is 0 Å². The summed E-state index contributed by atoms with van der Waals surface area (Å²) in [6.07, 6.45) is -4.94. The maximum absolute atomic E-state index is 12.4. The van der Waals surface area contributed by atoms with Crippen LogP contribution in [0.3, 0.4) is 0 Å². The first-order chi connectivity index (χ1) is 7.23. The predicted molar refractivity (Wildman–Crippen MR) is 49.2 cm³/mol. The van der Waals surface area contributed by atoms with Crippen LogP contribution in [0.25, 0.3) is 0 Å². The highest BCUT2D eigenvalue weighted by molar-refractivity contribution is 6.31. The van der Waals surface area contributed by atoms with E-state index in [-0.39, 0.29) is 18.7 Å². The molecule has 0 amide bonds. The van der Waals surface area contributed by atoms with Crippen molar-refractivity contribution in [1.29, 1.82) is 0 Å². The molecule has 0 atom stereocenters. The Morgan fingerprint density at radius 3 is 2.50 bits per heavy atom. The summed E-state index contributed by atoms with van der Waals surface area (Å²) < 4.78 is 38.0. The minimum atomic E-state index is -4.63. The van der Waals surface area contributed by atoms with E-state index in [9.17, 15) is 18.0 Å². The van der Waals surface area contributed by atoms with Crippen molar-refractivity contribution in [2.75, 3.05) is 0 Å². The molecule has 1 aromatic rings. The van der Waals surface area contributed by atoms with Crippen LogP contribution in [0.4, 0.5) is 13.2 Å². The van der Waals surface area contributed by atoms with Gasteiger partial charge in [-0.1, -0.05) is 11.6 Å². The fraction of sp³-hybridized carbons (Fsp3) is 0.500. The number of halogens is 4. The number of rotatable bonds is 3. The van der Waals surface area contributed by atoms with Crippen molar-refractivity contribution >= 4 is 17.6 Å². The lowest BCUT2D eigenvalue weighted by Crippen LogP contribution is -2.10. The van der Waals surface area contributed by atoms with Crippen LogP contribution in [0.2, 0.25) is 5.02 Å². The van der Waals surface area contributed by atoms with Crippen molar-refractivity contribution in [1.82, 2.24) is 9.78 Å². The molecule has 4 nitrogen and oxygen atoms in total. The van der Waals surface area contributed by atoms with Crippen molar-refractivity contribution in [3.63, 3.8) is 0 Å². The first-order valence-electron chi connectivity index (χ1n) is 4.25. The van der Waals surface area contributed by atoms with Gasteiger partial charge in [0.15, 0.2) is 5.69 Å². The minimum absolute atomic E-state index is 0.107. The molecule has 0 spiro atoms. The zero-order valence-corrected chi connectivity index (χ0v) is 8.93. The van der Waals surface area contributed by atoms with Crippen molar-refractivity contribution in [3.05, 3.63) is 16.4 Å². The van der Waals surface area contributed by atoms with E-state index in [2.05, 4.69) is 5.10 Å². The molecule has 0 unspecified atom stereocenters. The monoisotopic (exact) mass is 256 g/mol. The van der Waals surface area contributed by atoms with Crippen molar-refractivity contribution in [3.8, 4) is 0 Å². The normalized spacial score (nSPS) is 11.8. The molecular formula is C8H8ClF3N2O2. The van der Waals surface area contributed by atoms with Crippen LogP contribution < -0.4 is 0 Å². The maximum Gasteiger partial charge on any atom is 0.436 e. The topological polar surface area (TPSA) is 55.1 Å². The first kappa shape index (κ1) is 12.8. The molecule has 0 saturated carbocycles. The van der Waals surface area contributed by atoms with Gasteiger partial charge in [-0.2, -0.15) is 18.3 Å². The summed E-state index contributed by atoms with van der Waals surface area (Å²) >= 11 is 5.46. The molecule has 1 rings (SSSR count). The number of aromatic nitrogens is 2. The Labute approximate surface area is 93.6 Å². The van der Waals surface area contributed by atoms with Gasteiger partial charge in [0.1, 0.15) is 0 Å². The van der Waals surface area contributed by atoms with E-state index < -0.39 is 22.9 Å². The number of carbonyl (C=O) groups is 1. The van der Waals surface area contributed by atoms with E-state index in [1.54, 1.807) is 0 Å². The van der Waals surface area contributed by atoms with Gasteiger partial charge in [-0.15, -0.1) is 0 Å². The van der Waals surface area contributed by atoms with E-state index >= 15 is 0 Å². The lowest BCUT2D eigenvalue weighted by molar-refractivity contribution is -0.141. The quantitative estimate of drug-likeness (QED) is 0.903. The van der Waals surface area contributed by atoms with Crippen LogP contribution in [0.15, 0.2) is 0 Å². The molecule has 1 aromatic heterocycles.